The third-order valence-corrected chi connectivity index (χ3v) is 9.88. The average molecular weight is 807 g/mol. The van der Waals surface area contributed by atoms with Crippen molar-refractivity contribution in [3.63, 3.8) is 0 Å². The summed E-state index contributed by atoms with van der Waals surface area (Å²) in [6.07, 6.45) is 23.7. The number of unbranched alkanes of at least 4 members (excludes halogenated alkanes) is 18. The van der Waals surface area contributed by atoms with Gasteiger partial charge in [-0.25, -0.2) is 19.2 Å². The summed E-state index contributed by atoms with van der Waals surface area (Å²) in [4.78, 5) is 50.6. The molecule has 0 saturated carbocycles. The van der Waals surface area contributed by atoms with E-state index >= 15 is 0 Å². The lowest BCUT2D eigenvalue weighted by Gasteiger charge is -2.20. The molecule has 318 valence electrons. The minimum absolute atomic E-state index is 0.0778. The molecule has 0 bridgehead atoms. The third-order valence-electron chi connectivity index (χ3n) is 9.88. The Hall–Kier alpha value is -5.26. The van der Waals surface area contributed by atoms with Crippen molar-refractivity contribution in [1.82, 2.24) is 0 Å². The summed E-state index contributed by atoms with van der Waals surface area (Å²) in [7, 11) is 0. The van der Waals surface area contributed by atoms with Crippen molar-refractivity contribution in [2.45, 2.75) is 142 Å². The summed E-state index contributed by atoms with van der Waals surface area (Å²) in [5, 5.41) is 41.0. The highest BCUT2D eigenvalue weighted by atomic mass is 16.5. The minimum atomic E-state index is -1.87. The molecule has 58 heavy (non-hydrogen) atoms. The van der Waals surface area contributed by atoms with E-state index in [2.05, 4.69) is 13.8 Å². The second-order valence-corrected chi connectivity index (χ2v) is 14.6. The molecule has 0 aliphatic carbocycles. The molecule has 0 radical (unpaired) electrons. The Morgan fingerprint density at radius 3 is 0.828 bits per heavy atom. The smallest absolute Gasteiger partial charge is 0.340 e. The average Bonchev–Trinajstić information content (AvgIpc) is 3.19. The maximum Gasteiger partial charge on any atom is 0.340 e. The molecule has 0 spiro atoms. The number of carboxylic acid groups (broad SMARTS) is 4. The van der Waals surface area contributed by atoms with Crippen molar-refractivity contribution in [2.24, 2.45) is 0 Å². The van der Waals surface area contributed by atoms with Gasteiger partial charge in [0.2, 0.25) is 0 Å². The molecule has 3 aromatic carbocycles. The molecule has 12 nitrogen and oxygen atoms in total. The van der Waals surface area contributed by atoms with E-state index in [-0.39, 0.29) is 11.5 Å². The first-order valence-electron chi connectivity index (χ1n) is 21.1. The van der Waals surface area contributed by atoms with E-state index in [9.17, 15) is 39.6 Å². The van der Waals surface area contributed by atoms with Crippen LogP contribution in [0.25, 0.3) is 0 Å². The Bertz CT molecular complexity index is 1540. The molecule has 0 aromatic heterocycles. The maximum atomic E-state index is 12.7. The molecule has 0 saturated heterocycles. The maximum absolute atomic E-state index is 12.7. The Labute approximate surface area is 342 Å². The van der Waals surface area contributed by atoms with Crippen molar-refractivity contribution in [2.75, 3.05) is 13.2 Å². The van der Waals surface area contributed by atoms with E-state index in [0.717, 1.165) is 38.5 Å². The van der Waals surface area contributed by atoms with Crippen molar-refractivity contribution in [3.05, 3.63) is 70.8 Å². The molecule has 0 aliphatic rings. The number of carboxylic acids is 4. The molecule has 4 N–H and O–H groups in total. The number of ether oxygens (including phenoxy) is 4. The molecule has 12 heteroatoms. The standard InChI is InChI=1S/C46H62O12/c1-3-5-7-9-11-13-15-17-19-21-31-55-33-23-27-35(28-24-33)57-41-37(43(47)48)39(45(51)52)42(40(46(53)54)38(41)44(49)50)58-36-29-25-34(26-30-36)56-32-22-20-18-16-14-12-10-8-6-4-2/h23-30H,3-22,31-32H2,1-2H3,(H,47,48)(H,49,50)(H,51,52)(H,53,54). The first kappa shape index (κ1) is 47.1. The highest BCUT2D eigenvalue weighted by Crippen LogP contribution is 2.43. The van der Waals surface area contributed by atoms with Crippen molar-refractivity contribution < 1.29 is 58.6 Å². The fourth-order valence-electron chi connectivity index (χ4n) is 6.73. The molecular weight excluding hydrogens is 744 g/mol. The number of benzene rings is 3. The fraction of sp³-hybridized carbons (Fsp3) is 0.522. The van der Waals surface area contributed by atoms with Crippen LogP contribution in [0.3, 0.4) is 0 Å². The summed E-state index contributed by atoms with van der Waals surface area (Å²) < 4.78 is 23.0. The molecule has 0 fully saturated rings. The second-order valence-electron chi connectivity index (χ2n) is 14.6. The summed E-state index contributed by atoms with van der Waals surface area (Å²) in [5.41, 5.74) is -4.38. The Morgan fingerprint density at radius 2 is 0.586 bits per heavy atom. The van der Waals surface area contributed by atoms with E-state index in [0.29, 0.717) is 24.7 Å². The zero-order valence-electron chi connectivity index (χ0n) is 34.2. The molecular formula is C46H62O12. The number of hydrogen-bond acceptors (Lipinski definition) is 8. The van der Waals surface area contributed by atoms with E-state index in [4.69, 9.17) is 18.9 Å². The third kappa shape index (κ3) is 15.9. The van der Waals surface area contributed by atoms with Gasteiger partial charge in [0.05, 0.1) is 13.2 Å². The Kier molecular flexibility index (Phi) is 21.6. The summed E-state index contributed by atoms with van der Waals surface area (Å²) in [5.74, 6) is -8.63. The quantitative estimate of drug-likeness (QED) is 0.0438. The summed E-state index contributed by atoms with van der Waals surface area (Å²) >= 11 is 0. The van der Waals surface area contributed by atoms with Crippen LogP contribution in [-0.4, -0.2) is 57.5 Å². The van der Waals surface area contributed by atoms with Gasteiger partial charge in [-0.3, -0.25) is 0 Å². The Balaban J connectivity index is 1.70. The molecule has 0 amide bonds. The topological polar surface area (TPSA) is 186 Å². The van der Waals surface area contributed by atoms with E-state index in [1.807, 2.05) is 0 Å². The number of carbonyl (C=O) groups is 4. The van der Waals surface area contributed by atoms with Crippen LogP contribution in [-0.2, 0) is 0 Å². The van der Waals surface area contributed by atoms with Crippen LogP contribution < -0.4 is 18.9 Å². The van der Waals surface area contributed by atoms with Gasteiger partial charge >= 0.3 is 23.9 Å². The van der Waals surface area contributed by atoms with Gasteiger partial charge in [0.25, 0.3) is 0 Å². The van der Waals surface area contributed by atoms with Crippen LogP contribution in [0, 0.1) is 0 Å². The second kappa shape index (κ2) is 26.6. The molecule has 3 aromatic rings. The summed E-state index contributed by atoms with van der Waals surface area (Å²) in [6, 6.07) is 11.7. The van der Waals surface area contributed by atoms with Gasteiger partial charge in [-0.05, 0) is 61.4 Å². The predicted octanol–water partition coefficient (Wildman–Crippen LogP) is 12.7. The normalized spacial score (nSPS) is 10.9. The number of hydrogen-bond donors (Lipinski definition) is 4. The van der Waals surface area contributed by atoms with Crippen LogP contribution >= 0.6 is 0 Å². The van der Waals surface area contributed by atoms with Crippen molar-refractivity contribution in [3.8, 4) is 34.5 Å². The van der Waals surface area contributed by atoms with Crippen LogP contribution in [0.5, 0.6) is 34.5 Å². The van der Waals surface area contributed by atoms with Gasteiger partial charge in [0.1, 0.15) is 45.3 Å². The van der Waals surface area contributed by atoms with Crippen LogP contribution in [0.1, 0.15) is 184 Å². The lowest BCUT2D eigenvalue weighted by atomic mass is 9.94. The highest BCUT2D eigenvalue weighted by Gasteiger charge is 2.39. The molecule has 0 heterocycles. The number of aromatic carboxylic acids is 4. The molecule has 0 aliphatic heterocycles. The van der Waals surface area contributed by atoms with Crippen LogP contribution in [0.4, 0.5) is 0 Å². The van der Waals surface area contributed by atoms with Crippen LogP contribution in [0.2, 0.25) is 0 Å². The van der Waals surface area contributed by atoms with Crippen molar-refractivity contribution in [1.29, 1.82) is 0 Å². The lowest BCUT2D eigenvalue weighted by molar-refractivity contribution is 0.0626. The fourth-order valence-corrected chi connectivity index (χ4v) is 6.73. The van der Waals surface area contributed by atoms with E-state index < -0.39 is 57.6 Å². The SMILES string of the molecule is CCCCCCCCCCCCOc1ccc(Oc2c(C(=O)O)c(C(=O)O)c(Oc3ccc(OCCCCCCCCCCCC)cc3)c(C(=O)O)c2C(=O)O)cc1. The Morgan fingerprint density at radius 1 is 0.362 bits per heavy atom. The first-order chi connectivity index (χ1) is 28.1. The van der Waals surface area contributed by atoms with Crippen LogP contribution in [0.15, 0.2) is 48.5 Å². The minimum Gasteiger partial charge on any atom is -0.494 e. The van der Waals surface area contributed by atoms with E-state index in [1.165, 1.54) is 138 Å². The van der Waals surface area contributed by atoms with Gasteiger partial charge in [-0.1, -0.05) is 129 Å². The van der Waals surface area contributed by atoms with Crippen molar-refractivity contribution >= 4 is 23.9 Å². The van der Waals surface area contributed by atoms with Gasteiger partial charge in [-0.2, -0.15) is 0 Å². The molecule has 0 unspecified atom stereocenters. The largest absolute Gasteiger partial charge is 0.494 e. The first-order valence-corrected chi connectivity index (χ1v) is 21.1. The van der Waals surface area contributed by atoms with Gasteiger partial charge < -0.3 is 39.4 Å². The molecule has 3 rings (SSSR count). The van der Waals surface area contributed by atoms with Gasteiger partial charge in [0.15, 0.2) is 11.5 Å². The zero-order valence-corrected chi connectivity index (χ0v) is 34.2. The zero-order chi connectivity index (χ0) is 42.1. The monoisotopic (exact) mass is 806 g/mol. The molecule has 0 atom stereocenters. The highest BCUT2D eigenvalue weighted by molar-refractivity contribution is 6.15. The lowest BCUT2D eigenvalue weighted by Crippen LogP contribution is -2.20. The predicted molar refractivity (Wildman–Crippen MR) is 222 cm³/mol. The van der Waals surface area contributed by atoms with Gasteiger partial charge in [0, 0.05) is 0 Å². The summed E-state index contributed by atoms with van der Waals surface area (Å²) in [6.45, 7) is 5.37. The van der Waals surface area contributed by atoms with E-state index in [1.54, 1.807) is 0 Å². The number of rotatable bonds is 32. The van der Waals surface area contributed by atoms with Gasteiger partial charge in [-0.15, -0.1) is 0 Å².